The van der Waals surface area contributed by atoms with Crippen molar-refractivity contribution in [3.63, 3.8) is 0 Å². The number of thiazole rings is 1. The van der Waals surface area contributed by atoms with Gasteiger partial charge in [-0.2, -0.15) is 0 Å². The third-order valence-electron chi connectivity index (χ3n) is 4.57. The van der Waals surface area contributed by atoms with Gasteiger partial charge >= 0.3 is 0 Å². The zero-order valence-electron chi connectivity index (χ0n) is 14.6. The molecule has 4 rings (SSSR count). The highest BCUT2D eigenvalue weighted by molar-refractivity contribution is 7.93. The monoisotopic (exact) mass is 422 g/mol. The van der Waals surface area contributed by atoms with E-state index in [0.29, 0.717) is 15.9 Å². The van der Waals surface area contributed by atoms with E-state index in [0.717, 1.165) is 48.8 Å². The number of fused-ring (bicyclic) bond motifs is 2. The van der Waals surface area contributed by atoms with Crippen molar-refractivity contribution in [2.45, 2.75) is 34.9 Å². The van der Waals surface area contributed by atoms with Gasteiger partial charge in [-0.05, 0) is 67.1 Å². The van der Waals surface area contributed by atoms with E-state index in [1.54, 1.807) is 30.3 Å². The van der Waals surface area contributed by atoms with Crippen LogP contribution in [0.1, 0.15) is 24.0 Å². The van der Waals surface area contributed by atoms with E-state index in [4.69, 9.17) is 0 Å². The summed E-state index contributed by atoms with van der Waals surface area (Å²) in [6.45, 7) is 0. The fourth-order valence-corrected chi connectivity index (χ4v) is 6.19. The molecule has 1 aliphatic rings. The fourth-order valence-electron chi connectivity index (χ4n) is 3.22. The molecular weight excluding hydrogens is 404 g/mol. The summed E-state index contributed by atoms with van der Waals surface area (Å²) >= 11 is 1.02. The van der Waals surface area contributed by atoms with Gasteiger partial charge in [0.2, 0.25) is 14.2 Å². The van der Waals surface area contributed by atoms with Gasteiger partial charge in [-0.25, -0.2) is 21.8 Å². The summed E-state index contributed by atoms with van der Waals surface area (Å²) in [5.74, 6) is 0. The lowest BCUT2D eigenvalue weighted by Crippen LogP contribution is -2.14. The molecule has 0 unspecified atom stereocenters. The SMILES string of the molecule is CS(=O)(=O)c1nc2ccc(NS(=O)(=O)c3ccc4c(c3)CCCC4)cc2s1. The molecule has 0 aliphatic heterocycles. The quantitative estimate of drug-likeness (QED) is 0.696. The molecule has 0 spiro atoms. The Morgan fingerprint density at radius 1 is 0.963 bits per heavy atom. The Bertz CT molecular complexity index is 1240. The highest BCUT2D eigenvalue weighted by Gasteiger charge is 2.19. The molecule has 1 aliphatic carbocycles. The number of sulfonamides is 1. The molecule has 0 saturated carbocycles. The van der Waals surface area contributed by atoms with Crippen molar-refractivity contribution >= 4 is 47.1 Å². The summed E-state index contributed by atoms with van der Waals surface area (Å²) < 4.78 is 52.1. The second-order valence-corrected chi connectivity index (χ2v) is 11.6. The maximum atomic E-state index is 12.8. The Balaban J connectivity index is 1.66. The van der Waals surface area contributed by atoms with Crippen LogP contribution in [0.2, 0.25) is 0 Å². The van der Waals surface area contributed by atoms with Crippen LogP contribution in [-0.2, 0) is 32.7 Å². The van der Waals surface area contributed by atoms with Gasteiger partial charge in [0, 0.05) is 6.26 Å². The highest BCUT2D eigenvalue weighted by atomic mass is 32.2. The first-order chi connectivity index (χ1) is 12.7. The Morgan fingerprint density at radius 2 is 1.70 bits per heavy atom. The second-order valence-electron chi connectivity index (χ2n) is 6.68. The molecule has 0 radical (unpaired) electrons. The number of benzene rings is 2. The predicted octanol–water partition coefficient (Wildman–Crippen LogP) is 3.38. The predicted molar refractivity (Wildman–Crippen MR) is 107 cm³/mol. The molecule has 1 N–H and O–H groups in total. The summed E-state index contributed by atoms with van der Waals surface area (Å²) in [6.07, 6.45) is 5.22. The van der Waals surface area contributed by atoms with Crippen LogP contribution in [0.15, 0.2) is 45.6 Å². The second kappa shape index (κ2) is 6.57. The summed E-state index contributed by atoms with van der Waals surface area (Å²) in [6, 6.07) is 10.1. The molecule has 9 heteroatoms. The summed E-state index contributed by atoms with van der Waals surface area (Å²) in [7, 11) is -7.12. The van der Waals surface area contributed by atoms with Crippen LogP contribution < -0.4 is 4.72 Å². The van der Waals surface area contributed by atoms with Gasteiger partial charge in [0.05, 0.1) is 20.8 Å². The van der Waals surface area contributed by atoms with Crippen LogP contribution in [0.5, 0.6) is 0 Å². The van der Waals surface area contributed by atoms with E-state index in [2.05, 4.69) is 9.71 Å². The van der Waals surface area contributed by atoms with Crippen LogP contribution in [-0.4, -0.2) is 28.1 Å². The average Bonchev–Trinajstić information content (AvgIpc) is 3.05. The maximum absolute atomic E-state index is 12.8. The topological polar surface area (TPSA) is 93.2 Å². The van der Waals surface area contributed by atoms with Gasteiger partial charge in [-0.1, -0.05) is 6.07 Å². The van der Waals surface area contributed by atoms with Crippen molar-refractivity contribution in [2.24, 2.45) is 0 Å². The zero-order chi connectivity index (χ0) is 19.2. The number of sulfone groups is 1. The Kier molecular flexibility index (Phi) is 4.48. The van der Waals surface area contributed by atoms with Crippen molar-refractivity contribution in [1.29, 1.82) is 0 Å². The number of nitrogens with one attached hydrogen (secondary N) is 1. The van der Waals surface area contributed by atoms with E-state index in [1.165, 1.54) is 5.56 Å². The summed E-state index contributed by atoms with van der Waals surface area (Å²) in [5, 5.41) is 0. The third-order valence-corrected chi connectivity index (χ3v) is 8.64. The van der Waals surface area contributed by atoms with Gasteiger partial charge in [0.15, 0.2) is 0 Å². The first-order valence-electron chi connectivity index (χ1n) is 8.48. The molecule has 1 aromatic heterocycles. The molecule has 3 aromatic rings. The molecule has 6 nitrogen and oxygen atoms in total. The largest absolute Gasteiger partial charge is 0.280 e. The minimum absolute atomic E-state index is 0.0206. The molecular formula is C18H18N2O4S3. The lowest BCUT2D eigenvalue weighted by Gasteiger charge is -2.17. The van der Waals surface area contributed by atoms with Crippen molar-refractivity contribution in [2.75, 3.05) is 11.0 Å². The Morgan fingerprint density at radius 3 is 2.44 bits per heavy atom. The first-order valence-corrected chi connectivity index (χ1v) is 12.7. The van der Waals surface area contributed by atoms with Crippen LogP contribution in [0.3, 0.4) is 0 Å². The first kappa shape index (κ1) is 18.4. The van der Waals surface area contributed by atoms with Gasteiger partial charge in [-0.3, -0.25) is 4.72 Å². The maximum Gasteiger partial charge on any atom is 0.261 e. The molecule has 0 saturated heterocycles. The van der Waals surface area contributed by atoms with Crippen molar-refractivity contribution in [3.05, 3.63) is 47.5 Å². The van der Waals surface area contributed by atoms with Crippen molar-refractivity contribution in [1.82, 2.24) is 4.98 Å². The fraction of sp³-hybridized carbons (Fsp3) is 0.278. The normalized spacial score (nSPS) is 14.9. The van der Waals surface area contributed by atoms with Crippen LogP contribution >= 0.6 is 11.3 Å². The van der Waals surface area contributed by atoms with Crippen molar-refractivity contribution in [3.8, 4) is 0 Å². The summed E-state index contributed by atoms with van der Waals surface area (Å²) in [5.41, 5.74) is 3.22. The molecule has 27 heavy (non-hydrogen) atoms. The molecule has 142 valence electrons. The lowest BCUT2D eigenvalue weighted by atomic mass is 9.92. The van der Waals surface area contributed by atoms with E-state index in [1.807, 2.05) is 6.07 Å². The standard InChI is InChI=1S/C18H18N2O4S3/c1-26(21,22)18-19-16-9-7-14(11-17(16)25-18)20-27(23,24)15-8-6-12-4-2-3-5-13(12)10-15/h6-11,20H,2-5H2,1H3. The molecule has 0 atom stereocenters. The molecule has 0 fully saturated rings. The Labute approximate surface area is 162 Å². The van der Waals surface area contributed by atoms with Crippen LogP contribution in [0, 0.1) is 0 Å². The minimum Gasteiger partial charge on any atom is -0.280 e. The van der Waals surface area contributed by atoms with E-state index in [9.17, 15) is 16.8 Å². The van der Waals surface area contributed by atoms with Gasteiger partial charge < -0.3 is 0 Å². The van der Waals surface area contributed by atoms with Crippen molar-refractivity contribution < 1.29 is 16.8 Å². The highest BCUT2D eigenvalue weighted by Crippen LogP contribution is 2.29. The smallest absolute Gasteiger partial charge is 0.261 e. The van der Waals surface area contributed by atoms with Gasteiger partial charge in [-0.15, -0.1) is 11.3 Å². The number of anilines is 1. The number of rotatable bonds is 4. The van der Waals surface area contributed by atoms with Gasteiger partial charge in [0.25, 0.3) is 10.0 Å². The van der Waals surface area contributed by atoms with E-state index in [-0.39, 0.29) is 9.24 Å². The zero-order valence-corrected chi connectivity index (χ0v) is 17.0. The number of aromatic nitrogens is 1. The van der Waals surface area contributed by atoms with E-state index < -0.39 is 19.9 Å². The average molecular weight is 423 g/mol. The van der Waals surface area contributed by atoms with Crippen LogP contribution in [0.25, 0.3) is 10.2 Å². The number of hydrogen-bond donors (Lipinski definition) is 1. The summed E-state index contributed by atoms with van der Waals surface area (Å²) in [4.78, 5) is 4.32. The number of aryl methyl sites for hydroxylation is 2. The minimum atomic E-state index is -3.72. The number of nitrogens with zero attached hydrogens (tertiary/aromatic N) is 1. The Hall–Kier alpha value is -1.97. The third kappa shape index (κ3) is 3.71. The molecule has 0 amide bonds. The molecule has 0 bridgehead atoms. The van der Waals surface area contributed by atoms with Gasteiger partial charge in [0.1, 0.15) is 0 Å². The number of hydrogen-bond acceptors (Lipinski definition) is 6. The molecule has 1 heterocycles. The molecule has 2 aromatic carbocycles. The van der Waals surface area contributed by atoms with E-state index >= 15 is 0 Å². The van der Waals surface area contributed by atoms with Crippen LogP contribution in [0.4, 0.5) is 5.69 Å². The lowest BCUT2D eigenvalue weighted by molar-refractivity contribution is 0.599.